The number of methoxy groups -OCH3 is 1. The number of rotatable bonds is 6. The summed E-state index contributed by atoms with van der Waals surface area (Å²) in [6.45, 7) is 8.01. The molecule has 13 heavy (non-hydrogen) atoms. The molecule has 0 radical (unpaired) electrons. The summed E-state index contributed by atoms with van der Waals surface area (Å²) in [6, 6.07) is -0.0509. The molecule has 0 fully saturated rings. The molecule has 0 aliphatic carbocycles. The number of hydrogen-bond acceptors (Lipinski definition) is 3. The number of carbonyl (C=O) groups excluding carboxylic acids is 1. The van der Waals surface area contributed by atoms with Crippen molar-refractivity contribution in [1.82, 2.24) is 4.90 Å². The minimum Gasteiger partial charge on any atom is -0.468 e. The number of nitrogens with zero attached hydrogens (tertiary/aromatic N) is 1. The van der Waals surface area contributed by atoms with Gasteiger partial charge in [-0.25, -0.2) is 0 Å². The van der Waals surface area contributed by atoms with E-state index < -0.39 is 0 Å². The van der Waals surface area contributed by atoms with Crippen LogP contribution in [0.5, 0.6) is 0 Å². The van der Waals surface area contributed by atoms with Crippen LogP contribution in [0.25, 0.3) is 0 Å². The molecular formula is C10H21NO2. The number of ether oxygens (including phenoxy) is 1. The van der Waals surface area contributed by atoms with E-state index in [4.69, 9.17) is 4.74 Å². The van der Waals surface area contributed by atoms with Gasteiger partial charge in [0, 0.05) is 0 Å². The third-order valence-corrected chi connectivity index (χ3v) is 2.29. The molecule has 1 atom stereocenters. The molecule has 0 spiro atoms. The first-order chi connectivity index (χ1) is 6.21. The van der Waals surface area contributed by atoms with Crippen LogP contribution in [0.15, 0.2) is 0 Å². The van der Waals surface area contributed by atoms with Gasteiger partial charge in [0.1, 0.15) is 6.04 Å². The average molecular weight is 187 g/mol. The van der Waals surface area contributed by atoms with Crippen LogP contribution < -0.4 is 0 Å². The Labute approximate surface area is 81.1 Å². The maximum atomic E-state index is 11.4. The highest BCUT2D eigenvalue weighted by Crippen LogP contribution is 2.08. The second-order valence-corrected chi connectivity index (χ2v) is 3.05. The van der Waals surface area contributed by atoms with Gasteiger partial charge in [0.25, 0.3) is 0 Å². The summed E-state index contributed by atoms with van der Waals surface area (Å²) in [5.74, 6) is -0.106. The second kappa shape index (κ2) is 6.89. The van der Waals surface area contributed by atoms with Crippen molar-refractivity contribution in [3.8, 4) is 0 Å². The second-order valence-electron chi connectivity index (χ2n) is 3.05. The SMILES string of the molecule is CCC[C@H](C(=O)OC)N(CC)CC. The molecule has 0 saturated carbocycles. The van der Waals surface area contributed by atoms with E-state index in [-0.39, 0.29) is 12.0 Å². The largest absolute Gasteiger partial charge is 0.468 e. The maximum absolute atomic E-state index is 11.4. The quantitative estimate of drug-likeness (QED) is 0.592. The highest BCUT2D eigenvalue weighted by atomic mass is 16.5. The minimum absolute atomic E-state index is 0.0509. The third kappa shape index (κ3) is 3.77. The van der Waals surface area contributed by atoms with Crippen LogP contribution in [-0.4, -0.2) is 37.1 Å². The Hall–Kier alpha value is -0.570. The van der Waals surface area contributed by atoms with Crippen LogP contribution in [0.1, 0.15) is 33.6 Å². The molecule has 0 amide bonds. The summed E-state index contributed by atoms with van der Waals surface area (Å²) in [7, 11) is 1.45. The fourth-order valence-corrected chi connectivity index (χ4v) is 1.52. The average Bonchev–Trinajstić information content (AvgIpc) is 2.17. The number of hydrogen-bond donors (Lipinski definition) is 0. The van der Waals surface area contributed by atoms with Gasteiger partial charge in [0.2, 0.25) is 0 Å². The summed E-state index contributed by atoms with van der Waals surface area (Å²) >= 11 is 0. The van der Waals surface area contributed by atoms with Gasteiger partial charge in [0.15, 0.2) is 0 Å². The monoisotopic (exact) mass is 187 g/mol. The smallest absolute Gasteiger partial charge is 0.323 e. The van der Waals surface area contributed by atoms with E-state index in [2.05, 4.69) is 25.7 Å². The van der Waals surface area contributed by atoms with E-state index in [1.165, 1.54) is 7.11 Å². The molecule has 0 aliphatic rings. The highest BCUT2D eigenvalue weighted by Gasteiger charge is 2.23. The topological polar surface area (TPSA) is 29.5 Å². The molecule has 0 unspecified atom stereocenters. The fourth-order valence-electron chi connectivity index (χ4n) is 1.52. The van der Waals surface area contributed by atoms with E-state index >= 15 is 0 Å². The summed E-state index contributed by atoms with van der Waals surface area (Å²) in [4.78, 5) is 13.5. The molecule has 0 aliphatic heterocycles. The van der Waals surface area contributed by atoms with Crippen LogP contribution in [0.2, 0.25) is 0 Å². The maximum Gasteiger partial charge on any atom is 0.323 e. The Morgan fingerprint density at radius 1 is 1.31 bits per heavy atom. The first kappa shape index (κ1) is 12.4. The van der Waals surface area contributed by atoms with Gasteiger partial charge >= 0.3 is 5.97 Å². The zero-order valence-electron chi connectivity index (χ0n) is 9.17. The molecule has 3 heteroatoms. The summed E-state index contributed by atoms with van der Waals surface area (Å²) < 4.78 is 4.77. The zero-order chi connectivity index (χ0) is 10.3. The van der Waals surface area contributed by atoms with Crippen molar-refractivity contribution < 1.29 is 9.53 Å². The number of esters is 1. The van der Waals surface area contributed by atoms with Gasteiger partial charge in [-0.15, -0.1) is 0 Å². The molecule has 0 aromatic heterocycles. The van der Waals surface area contributed by atoms with Crippen molar-refractivity contribution in [3.63, 3.8) is 0 Å². The standard InChI is InChI=1S/C10H21NO2/c1-5-8-9(10(12)13-4)11(6-2)7-3/h9H,5-8H2,1-4H3/t9-/m1/s1. The lowest BCUT2D eigenvalue weighted by Gasteiger charge is -2.26. The summed E-state index contributed by atoms with van der Waals surface area (Å²) in [5, 5.41) is 0. The third-order valence-electron chi connectivity index (χ3n) is 2.29. The molecule has 0 N–H and O–H groups in total. The van der Waals surface area contributed by atoms with Gasteiger partial charge in [-0.1, -0.05) is 27.2 Å². The van der Waals surface area contributed by atoms with E-state index in [1.807, 2.05) is 0 Å². The molecule has 0 bridgehead atoms. The van der Waals surface area contributed by atoms with Crippen LogP contribution in [0.3, 0.4) is 0 Å². The lowest BCUT2D eigenvalue weighted by Crippen LogP contribution is -2.41. The lowest BCUT2D eigenvalue weighted by atomic mass is 10.1. The normalized spacial score (nSPS) is 13.0. The van der Waals surface area contributed by atoms with Crippen LogP contribution >= 0.6 is 0 Å². The predicted molar refractivity (Wildman–Crippen MR) is 53.6 cm³/mol. The number of carbonyl (C=O) groups is 1. The Bertz CT molecular complexity index is 144. The summed E-state index contributed by atoms with van der Waals surface area (Å²) in [6.07, 6.45) is 1.89. The van der Waals surface area contributed by atoms with E-state index in [0.29, 0.717) is 0 Å². The summed E-state index contributed by atoms with van der Waals surface area (Å²) in [5.41, 5.74) is 0. The van der Waals surface area contributed by atoms with Crippen molar-refractivity contribution >= 4 is 5.97 Å². The molecular weight excluding hydrogens is 166 g/mol. The predicted octanol–water partition coefficient (Wildman–Crippen LogP) is 1.67. The van der Waals surface area contributed by atoms with Crippen LogP contribution in [-0.2, 0) is 9.53 Å². The Kier molecular flexibility index (Phi) is 6.59. The van der Waals surface area contributed by atoms with Crippen molar-refractivity contribution in [1.29, 1.82) is 0 Å². The molecule has 78 valence electrons. The Morgan fingerprint density at radius 3 is 2.15 bits per heavy atom. The van der Waals surface area contributed by atoms with Crippen molar-refractivity contribution in [2.24, 2.45) is 0 Å². The van der Waals surface area contributed by atoms with Gasteiger partial charge < -0.3 is 4.74 Å². The molecule has 0 saturated heterocycles. The first-order valence-corrected chi connectivity index (χ1v) is 5.03. The van der Waals surface area contributed by atoms with E-state index in [1.54, 1.807) is 0 Å². The molecule has 0 aromatic rings. The lowest BCUT2D eigenvalue weighted by molar-refractivity contribution is -0.147. The Balaban J connectivity index is 4.28. The van der Waals surface area contributed by atoms with Gasteiger partial charge in [-0.05, 0) is 19.5 Å². The minimum atomic E-state index is -0.106. The highest BCUT2D eigenvalue weighted by molar-refractivity contribution is 5.75. The fraction of sp³-hybridized carbons (Fsp3) is 0.900. The molecule has 3 nitrogen and oxygen atoms in total. The van der Waals surface area contributed by atoms with Crippen molar-refractivity contribution in [2.75, 3.05) is 20.2 Å². The molecule has 0 aromatic carbocycles. The van der Waals surface area contributed by atoms with Gasteiger partial charge in [-0.3, -0.25) is 9.69 Å². The van der Waals surface area contributed by atoms with Crippen molar-refractivity contribution in [2.45, 2.75) is 39.7 Å². The van der Waals surface area contributed by atoms with Gasteiger partial charge in [-0.2, -0.15) is 0 Å². The van der Waals surface area contributed by atoms with Crippen molar-refractivity contribution in [3.05, 3.63) is 0 Å². The first-order valence-electron chi connectivity index (χ1n) is 5.03. The van der Waals surface area contributed by atoms with Crippen LogP contribution in [0, 0.1) is 0 Å². The Morgan fingerprint density at radius 2 is 1.85 bits per heavy atom. The number of likely N-dealkylation sites (N-methyl/N-ethyl adjacent to an activating group) is 1. The van der Waals surface area contributed by atoms with Gasteiger partial charge in [0.05, 0.1) is 7.11 Å². The van der Waals surface area contributed by atoms with E-state index in [9.17, 15) is 4.79 Å². The van der Waals surface area contributed by atoms with Crippen LogP contribution in [0.4, 0.5) is 0 Å². The molecule has 0 heterocycles. The molecule has 0 rings (SSSR count). The zero-order valence-corrected chi connectivity index (χ0v) is 9.17. The van der Waals surface area contributed by atoms with E-state index in [0.717, 1.165) is 25.9 Å².